The zero-order valence-electron chi connectivity index (χ0n) is 9.95. The second-order valence-electron chi connectivity index (χ2n) is 3.81. The molecule has 0 spiro atoms. The van der Waals surface area contributed by atoms with Crippen LogP contribution in [0.3, 0.4) is 0 Å². The van der Waals surface area contributed by atoms with E-state index in [1.165, 1.54) is 23.9 Å². The molecule has 1 amide bonds. The van der Waals surface area contributed by atoms with Crippen LogP contribution in [0.4, 0.5) is 10.1 Å². The Kier molecular flexibility index (Phi) is 6.46. The topological polar surface area (TPSA) is 49.3 Å². The number of hydrogen-bond donors (Lipinski definition) is 2. The minimum atomic E-state index is -0.552. The zero-order chi connectivity index (χ0) is 13.5. The largest absolute Gasteiger partial charge is 0.396 e. The highest BCUT2D eigenvalue weighted by Crippen LogP contribution is 2.20. The summed E-state index contributed by atoms with van der Waals surface area (Å²) in [4.78, 5) is 11.6. The summed E-state index contributed by atoms with van der Waals surface area (Å²) in [6.07, 6.45) is 0.632. The highest BCUT2D eigenvalue weighted by atomic mass is 35.5. The van der Waals surface area contributed by atoms with Crippen LogP contribution in [0.25, 0.3) is 0 Å². The van der Waals surface area contributed by atoms with Crippen LogP contribution < -0.4 is 5.32 Å². The number of thioether (sulfide) groups is 1. The molecule has 2 N–H and O–H groups in total. The second kappa shape index (κ2) is 7.61. The summed E-state index contributed by atoms with van der Waals surface area (Å²) in [6.45, 7) is 2.03. The quantitative estimate of drug-likeness (QED) is 0.847. The lowest BCUT2D eigenvalue weighted by molar-refractivity contribution is -0.113. The van der Waals surface area contributed by atoms with Crippen LogP contribution >= 0.6 is 23.4 Å². The first-order valence-electron chi connectivity index (χ1n) is 5.50. The van der Waals surface area contributed by atoms with Crippen molar-refractivity contribution < 1.29 is 14.3 Å². The van der Waals surface area contributed by atoms with Crippen LogP contribution in [0, 0.1) is 5.82 Å². The molecule has 0 bridgehead atoms. The number of anilines is 1. The molecule has 0 radical (unpaired) electrons. The molecular weight excluding hydrogens is 277 g/mol. The van der Waals surface area contributed by atoms with E-state index in [9.17, 15) is 9.18 Å². The van der Waals surface area contributed by atoms with Gasteiger partial charge < -0.3 is 10.4 Å². The summed E-state index contributed by atoms with van der Waals surface area (Å²) in [7, 11) is 0. The lowest BCUT2D eigenvalue weighted by Crippen LogP contribution is -2.17. The highest BCUT2D eigenvalue weighted by molar-refractivity contribution is 8.00. The van der Waals surface area contributed by atoms with Gasteiger partial charge in [0.05, 0.1) is 11.4 Å². The van der Waals surface area contributed by atoms with Gasteiger partial charge in [0.1, 0.15) is 5.82 Å². The SMILES string of the molecule is CC(CCO)SCC(=O)Nc1ccc(Cl)cc1F. The summed E-state index contributed by atoms with van der Waals surface area (Å²) in [6, 6.07) is 4.10. The third-order valence-corrected chi connectivity index (χ3v) is 3.71. The zero-order valence-corrected chi connectivity index (χ0v) is 11.5. The molecule has 100 valence electrons. The van der Waals surface area contributed by atoms with Crippen molar-refractivity contribution in [1.82, 2.24) is 0 Å². The fraction of sp³-hybridized carbons (Fsp3) is 0.417. The predicted molar refractivity (Wildman–Crippen MR) is 73.7 cm³/mol. The van der Waals surface area contributed by atoms with Crippen LogP contribution in [0.2, 0.25) is 5.02 Å². The van der Waals surface area contributed by atoms with E-state index in [0.717, 1.165) is 6.07 Å². The van der Waals surface area contributed by atoms with Gasteiger partial charge in [0.25, 0.3) is 0 Å². The number of halogens is 2. The maximum atomic E-state index is 13.4. The van der Waals surface area contributed by atoms with Crippen molar-refractivity contribution in [1.29, 1.82) is 0 Å². The number of carbonyl (C=O) groups excluding carboxylic acids is 1. The Balaban J connectivity index is 2.44. The summed E-state index contributed by atoms with van der Waals surface area (Å²) < 4.78 is 13.4. The monoisotopic (exact) mass is 291 g/mol. The Bertz CT molecular complexity index is 417. The number of carbonyl (C=O) groups is 1. The molecule has 1 unspecified atom stereocenters. The van der Waals surface area contributed by atoms with Crippen LogP contribution in [0.15, 0.2) is 18.2 Å². The van der Waals surface area contributed by atoms with Crippen molar-refractivity contribution in [3.63, 3.8) is 0 Å². The van der Waals surface area contributed by atoms with Gasteiger partial charge in [0, 0.05) is 16.9 Å². The predicted octanol–water partition coefficient (Wildman–Crippen LogP) is 2.92. The molecule has 3 nitrogen and oxygen atoms in total. The molecule has 6 heteroatoms. The third-order valence-electron chi connectivity index (χ3n) is 2.24. The molecule has 0 heterocycles. The maximum Gasteiger partial charge on any atom is 0.234 e. The summed E-state index contributed by atoms with van der Waals surface area (Å²) in [5.41, 5.74) is 0.125. The molecule has 0 aliphatic carbocycles. The van der Waals surface area contributed by atoms with Gasteiger partial charge in [-0.2, -0.15) is 0 Å². The van der Waals surface area contributed by atoms with Crippen molar-refractivity contribution in [2.45, 2.75) is 18.6 Å². The van der Waals surface area contributed by atoms with Crippen LogP contribution in [-0.4, -0.2) is 28.6 Å². The molecule has 1 atom stereocenters. The maximum absolute atomic E-state index is 13.4. The normalized spacial score (nSPS) is 12.2. The fourth-order valence-electron chi connectivity index (χ4n) is 1.26. The molecule has 0 fully saturated rings. The molecule has 0 saturated heterocycles. The lowest BCUT2D eigenvalue weighted by Gasteiger charge is -2.10. The Labute approximate surface area is 115 Å². The van der Waals surface area contributed by atoms with Crippen molar-refractivity contribution in [3.8, 4) is 0 Å². The number of aliphatic hydroxyl groups excluding tert-OH is 1. The van der Waals surface area contributed by atoms with Gasteiger partial charge in [-0.1, -0.05) is 18.5 Å². The van der Waals surface area contributed by atoms with Gasteiger partial charge in [-0.05, 0) is 24.6 Å². The average Bonchev–Trinajstić information content (AvgIpc) is 2.31. The van der Waals surface area contributed by atoms with E-state index in [1.54, 1.807) is 0 Å². The van der Waals surface area contributed by atoms with Gasteiger partial charge in [0.15, 0.2) is 0 Å². The van der Waals surface area contributed by atoms with E-state index in [2.05, 4.69) is 5.32 Å². The Morgan fingerprint density at radius 3 is 2.94 bits per heavy atom. The molecule has 0 aliphatic rings. The van der Waals surface area contributed by atoms with Gasteiger partial charge in [-0.15, -0.1) is 11.8 Å². The van der Waals surface area contributed by atoms with Crippen molar-refractivity contribution >= 4 is 35.0 Å². The van der Waals surface area contributed by atoms with Crippen molar-refractivity contribution in [3.05, 3.63) is 29.0 Å². The third kappa shape index (κ3) is 5.25. The first-order valence-corrected chi connectivity index (χ1v) is 6.93. The van der Waals surface area contributed by atoms with E-state index in [-0.39, 0.29) is 34.2 Å². The highest BCUT2D eigenvalue weighted by Gasteiger charge is 2.09. The minimum absolute atomic E-state index is 0.0988. The standard InChI is InChI=1S/C12H15ClFNO2S/c1-8(4-5-16)18-7-12(17)15-11-3-2-9(13)6-10(11)14/h2-3,6,8,16H,4-5,7H2,1H3,(H,15,17). The van der Waals surface area contributed by atoms with E-state index in [0.29, 0.717) is 6.42 Å². The molecule has 0 aliphatic heterocycles. The number of rotatable bonds is 6. The molecule has 1 aromatic carbocycles. The van der Waals surface area contributed by atoms with Gasteiger partial charge in [0.2, 0.25) is 5.91 Å². The molecular formula is C12H15ClFNO2S. The Morgan fingerprint density at radius 1 is 1.61 bits per heavy atom. The average molecular weight is 292 g/mol. The van der Waals surface area contributed by atoms with E-state index in [4.69, 9.17) is 16.7 Å². The molecule has 0 saturated carbocycles. The lowest BCUT2D eigenvalue weighted by atomic mass is 10.3. The molecule has 0 aromatic heterocycles. The van der Waals surface area contributed by atoms with E-state index in [1.807, 2.05) is 6.92 Å². The van der Waals surface area contributed by atoms with Crippen LogP contribution in [-0.2, 0) is 4.79 Å². The number of benzene rings is 1. The fourth-order valence-corrected chi connectivity index (χ4v) is 2.20. The van der Waals surface area contributed by atoms with Crippen molar-refractivity contribution in [2.24, 2.45) is 0 Å². The van der Waals surface area contributed by atoms with Gasteiger partial charge in [-0.3, -0.25) is 4.79 Å². The summed E-state index contributed by atoms with van der Waals surface area (Å²) >= 11 is 7.03. The van der Waals surface area contributed by atoms with Gasteiger partial charge in [-0.25, -0.2) is 4.39 Å². The van der Waals surface area contributed by atoms with Crippen molar-refractivity contribution in [2.75, 3.05) is 17.7 Å². The molecule has 1 aromatic rings. The van der Waals surface area contributed by atoms with Crippen LogP contribution in [0.5, 0.6) is 0 Å². The smallest absolute Gasteiger partial charge is 0.234 e. The Hall–Kier alpha value is -0.780. The number of hydrogen-bond acceptors (Lipinski definition) is 3. The van der Waals surface area contributed by atoms with E-state index >= 15 is 0 Å². The summed E-state index contributed by atoms with van der Waals surface area (Å²) in [5.74, 6) is -0.598. The molecule has 1 rings (SSSR count). The Morgan fingerprint density at radius 2 is 2.33 bits per heavy atom. The minimum Gasteiger partial charge on any atom is -0.396 e. The van der Waals surface area contributed by atoms with E-state index < -0.39 is 5.82 Å². The van der Waals surface area contributed by atoms with Crippen LogP contribution in [0.1, 0.15) is 13.3 Å². The molecule has 18 heavy (non-hydrogen) atoms. The number of aliphatic hydroxyl groups is 1. The van der Waals surface area contributed by atoms with Gasteiger partial charge >= 0.3 is 0 Å². The first-order chi connectivity index (χ1) is 8.52. The summed E-state index contributed by atoms with van der Waals surface area (Å²) in [5, 5.41) is 11.7. The number of amides is 1. The second-order valence-corrected chi connectivity index (χ2v) is 5.67. The first kappa shape index (κ1) is 15.3. The number of nitrogens with one attached hydrogen (secondary N) is 1.